The van der Waals surface area contributed by atoms with Crippen molar-refractivity contribution >= 4 is 5.91 Å². The first kappa shape index (κ1) is 14.3. The highest BCUT2D eigenvalue weighted by atomic mass is 16.5. The van der Waals surface area contributed by atoms with Gasteiger partial charge in [-0.1, -0.05) is 0 Å². The highest BCUT2D eigenvalue weighted by Crippen LogP contribution is 2.17. The second-order valence-corrected chi connectivity index (χ2v) is 3.90. The molecule has 18 heavy (non-hydrogen) atoms. The van der Waals surface area contributed by atoms with E-state index in [1.807, 2.05) is 6.92 Å². The summed E-state index contributed by atoms with van der Waals surface area (Å²) in [5.41, 5.74) is 0. The first-order chi connectivity index (χ1) is 8.58. The summed E-state index contributed by atoms with van der Waals surface area (Å²) >= 11 is 0. The molecule has 0 spiro atoms. The number of nitrogens with zero attached hydrogens (tertiary/aromatic N) is 1. The zero-order valence-corrected chi connectivity index (χ0v) is 10.7. The molecule has 0 radical (unpaired) electrons. The molecule has 1 atom stereocenters. The zero-order chi connectivity index (χ0) is 13.5. The van der Waals surface area contributed by atoms with Crippen molar-refractivity contribution in [3.63, 3.8) is 0 Å². The van der Waals surface area contributed by atoms with Gasteiger partial charge in [0, 0.05) is 13.1 Å². The van der Waals surface area contributed by atoms with Crippen molar-refractivity contribution in [3.05, 3.63) is 24.3 Å². The number of carbonyl (C=O) groups excluding carboxylic acids is 1. The first-order valence-electron chi connectivity index (χ1n) is 5.93. The third-order valence-electron chi connectivity index (χ3n) is 2.56. The molecule has 0 saturated heterocycles. The van der Waals surface area contributed by atoms with Crippen LogP contribution in [0.25, 0.3) is 0 Å². The summed E-state index contributed by atoms with van der Waals surface area (Å²) < 4.78 is 5.48. The van der Waals surface area contributed by atoms with Crippen LogP contribution in [0.4, 0.5) is 0 Å². The lowest BCUT2D eigenvalue weighted by atomic mass is 10.3. The van der Waals surface area contributed by atoms with Crippen LogP contribution in [0.3, 0.4) is 0 Å². The van der Waals surface area contributed by atoms with E-state index in [4.69, 9.17) is 14.9 Å². The normalized spacial score (nSPS) is 11.9. The van der Waals surface area contributed by atoms with Crippen LogP contribution in [0.1, 0.15) is 13.8 Å². The minimum atomic E-state index is -0.624. The van der Waals surface area contributed by atoms with Gasteiger partial charge in [-0.2, -0.15) is 0 Å². The SMILES string of the molecule is CCN(CCO)C(=O)C(C)Oc1ccc(O)cc1. The highest BCUT2D eigenvalue weighted by molar-refractivity contribution is 5.80. The van der Waals surface area contributed by atoms with Crippen LogP contribution in [0, 0.1) is 0 Å². The molecule has 0 fully saturated rings. The average molecular weight is 253 g/mol. The van der Waals surface area contributed by atoms with Gasteiger partial charge in [-0.25, -0.2) is 0 Å². The van der Waals surface area contributed by atoms with E-state index in [9.17, 15) is 4.79 Å². The number of hydrogen-bond acceptors (Lipinski definition) is 4. The second kappa shape index (κ2) is 6.86. The number of aromatic hydroxyl groups is 1. The molecule has 0 aliphatic heterocycles. The summed E-state index contributed by atoms with van der Waals surface area (Å²) in [4.78, 5) is 13.5. The Morgan fingerprint density at radius 1 is 1.39 bits per heavy atom. The molecule has 1 amide bonds. The number of phenols is 1. The van der Waals surface area contributed by atoms with Gasteiger partial charge >= 0.3 is 0 Å². The molecule has 0 aliphatic rings. The lowest BCUT2D eigenvalue weighted by Gasteiger charge is -2.24. The number of likely N-dealkylation sites (N-methyl/N-ethyl adjacent to an activating group) is 1. The Kier molecular flexibility index (Phi) is 5.45. The minimum Gasteiger partial charge on any atom is -0.508 e. The van der Waals surface area contributed by atoms with Gasteiger partial charge in [0.05, 0.1) is 6.61 Å². The molecule has 1 unspecified atom stereocenters. The second-order valence-electron chi connectivity index (χ2n) is 3.90. The fourth-order valence-corrected chi connectivity index (χ4v) is 1.58. The zero-order valence-electron chi connectivity index (χ0n) is 10.7. The number of hydrogen-bond donors (Lipinski definition) is 2. The van der Waals surface area contributed by atoms with Crippen LogP contribution in [0.15, 0.2) is 24.3 Å². The summed E-state index contributed by atoms with van der Waals surface area (Å²) in [6.07, 6.45) is -0.624. The Morgan fingerprint density at radius 3 is 2.50 bits per heavy atom. The average Bonchev–Trinajstić information content (AvgIpc) is 2.37. The van der Waals surface area contributed by atoms with E-state index >= 15 is 0 Å². The molecule has 100 valence electrons. The van der Waals surface area contributed by atoms with Gasteiger partial charge in [-0.15, -0.1) is 0 Å². The van der Waals surface area contributed by atoms with Crippen LogP contribution < -0.4 is 4.74 Å². The number of ether oxygens (including phenoxy) is 1. The fraction of sp³-hybridized carbons (Fsp3) is 0.462. The lowest BCUT2D eigenvalue weighted by molar-refractivity contribution is -0.138. The van der Waals surface area contributed by atoms with Gasteiger partial charge in [0.1, 0.15) is 11.5 Å². The maximum Gasteiger partial charge on any atom is 0.263 e. The van der Waals surface area contributed by atoms with Gasteiger partial charge in [-0.05, 0) is 38.1 Å². The number of amides is 1. The molecule has 0 saturated carbocycles. The minimum absolute atomic E-state index is 0.0640. The van der Waals surface area contributed by atoms with Crippen molar-refractivity contribution in [1.82, 2.24) is 4.90 Å². The van der Waals surface area contributed by atoms with Crippen LogP contribution >= 0.6 is 0 Å². The molecule has 0 aliphatic carbocycles. The van der Waals surface area contributed by atoms with Crippen LogP contribution in [-0.4, -0.2) is 46.8 Å². The van der Waals surface area contributed by atoms with E-state index in [1.165, 1.54) is 17.0 Å². The van der Waals surface area contributed by atoms with E-state index < -0.39 is 6.10 Å². The van der Waals surface area contributed by atoms with Crippen molar-refractivity contribution in [1.29, 1.82) is 0 Å². The summed E-state index contributed by atoms with van der Waals surface area (Å²) in [6, 6.07) is 6.19. The molecule has 5 nitrogen and oxygen atoms in total. The van der Waals surface area contributed by atoms with Gasteiger partial charge < -0.3 is 19.8 Å². The standard InChI is InChI=1S/C13H19NO4/c1-3-14(8-9-15)13(17)10(2)18-12-6-4-11(16)5-7-12/h4-7,10,15-16H,3,8-9H2,1-2H3. The quantitative estimate of drug-likeness (QED) is 0.793. The molecule has 1 aromatic carbocycles. The van der Waals surface area contributed by atoms with Crippen LogP contribution in [0.5, 0.6) is 11.5 Å². The third-order valence-corrected chi connectivity index (χ3v) is 2.56. The van der Waals surface area contributed by atoms with E-state index in [-0.39, 0.29) is 18.3 Å². The maximum atomic E-state index is 12.0. The number of carbonyl (C=O) groups is 1. The predicted octanol–water partition coefficient (Wildman–Crippen LogP) is 1.00. The van der Waals surface area contributed by atoms with E-state index in [1.54, 1.807) is 19.1 Å². The Balaban J connectivity index is 2.61. The summed E-state index contributed by atoms with van der Waals surface area (Å²) in [7, 11) is 0. The molecule has 1 aromatic rings. The van der Waals surface area contributed by atoms with Crippen LogP contribution in [-0.2, 0) is 4.79 Å². The van der Waals surface area contributed by atoms with Crippen molar-refractivity contribution in [2.45, 2.75) is 20.0 Å². The maximum absolute atomic E-state index is 12.0. The first-order valence-corrected chi connectivity index (χ1v) is 5.93. The van der Waals surface area contributed by atoms with E-state index in [0.29, 0.717) is 18.8 Å². The highest BCUT2D eigenvalue weighted by Gasteiger charge is 2.20. The van der Waals surface area contributed by atoms with Crippen molar-refractivity contribution in [2.24, 2.45) is 0 Å². The third kappa shape index (κ3) is 3.92. The van der Waals surface area contributed by atoms with Gasteiger partial charge in [-0.3, -0.25) is 4.79 Å². The van der Waals surface area contributed by atoms with E-state index in [0.717, 1.165) is 0 Å². The molecule has 2 N–H and O–H groups in total. The van der Waals surface area contributed by atoms with Gasteiger partial charge in [0.15, 0.2) is 6.10 Å². The van der Waals surface area contributed by atoms with Crippen molar-refractivity contribution in [2.75, 3.05) is 19.7 Å². The molecular formula is C13H19NO4. The number of rotatable bonds is 6. The van der Waals surface area contributed by atoms with Crippen molar-refractivity contribution in [3.8, 4) is 11.5 Å². The van der Waals surface area contributed by atoms with Gasteiger partial charge in [0.2, 0.25) is 0 Å². The molecule has 0 heterocycles. The van der Waals surface area contributed by atoms with Gasteiger partial charge in [0.25, 0.3) is 5.91 Å². The molecule has 1 rings (SSSR count). The largest absolute Gasteiger partial charge is 0.508 e. The number of benzene rings is 1. The van der Waals surface area contributed by atoms with E-state index in [2.05, 4.69) is 0 Å². The molecular weight excluding hydrogens is 234 g/mol. The summed E-state index contributed by atoms with van der Waals surface area (Å²) in [6.45, 7) is 4.28. The summed E-state index contributed by atoms with van der Waals surface area (Å²) in [5, 5.41) is 18.0. The van der Waals surface area contributed by atoms with Crippen molar-refractivity contribution < 1.29 is 19.7 Å². The molecule has 0 aromatic heterocycles. The lowest BCUT2D eigenvalue weighted by Crippen LogP contribution is -2.41. The van der Waals surface area contributed by atoms with Crippen LogP contribution in [0.2, 0.25) is 0 Å². The monoisotopic (exact) mass is 253 g/mol. The Hall–Kier alpha value is -1.75. The smallest absolute Gasteiger partial charge is 0.263 e. The molecule has 5 heteroatoms. The topological polar surface area (TPSA) is 70.0 Å². The number of phenolic OH excluding ortho intramolecular Hbond substituents is 1. The molecule has 0 bridgehead atoms. The Morgan fingerprint density at radius 2 is 2.00 bits per heavy atom. The predicted molar refractivity (Wildman–Crippen MR) is 67.5 cm³/mol. The Labute approximate surface area is 107 Å². The Bertz CT molecular complexity index is 377. The summed E-state index contributed by atoms with van der Waals surface area (Å²) in [5.74, 6) is 0.505. The fourth-order valence-electron chi connectivity index (χ4n) is 1.58. The number of aliphatic hydroxyl groups is 1. The number of aliphatic hydroxyl groups excluding tert-OH is 1.